The number of carbonyl (C=O) groups is 1. The highest BCUT2D eigenvalue weighted by atomic mass is 16.7. The number of aliphatic hydroxyl groups is 7. The van der Waals surface area contributed by atoms with Crippen molar-refractivity contribution in [2.24, 2.45) is 5.92 Å². The molecule has 11 nitrogen and oxygen atoms in total. The quantitative estimate of drug-likeness (QED) is 0.209. The van der Waals surface area contributed by atoms with Gasteiger partial charge in [0.05, 0.1) is 25.4 Å². The minimum Gasteiger partial charge on any atom is -0.479 e. The van der Waals surface area contributed by atoms with Gasteiger partial charge < -0.3 is 50.3 Å². The first-order chi connectivity index (χ1) is 11.1. The molecule has 0 saturated carbocycles. The number of aliphatic carboxylic acids is 1. The van der Waals surface area contributed by atoms with Gasteiger partial charge in [-0.3, -0.25) is 0 Å². The van der Waals surface area contributed by atoms with Gasteiger partial charge in [0.15, 0.2) is 12.4 Å². The van der Waals surface area contributed by atoms with E-state index in [0.717, 1.165) is 0 Å². The molecular formula is C13H24O11. The molecule has 0 aliphatic carbocycles. The lowest BCUT2D eigenvalue weighted by atomic mass is 9.91. The predicted octanol–water partition coefficient (Wildman–Crippen LogP) is -4.39. The predicted molar refractivity (Wildman–Crippen MR) is 74.5 cm³/mol. The Morgan fingerprint density at radius 1 is 1.17 bits per heavy atom. The van der Waals surface area contributed by atoms with Crippen LogP contribution in [0.4, 0.5) is 0 Å². The number of ether oxygens (including phenoxy) is 2. The summed E-state index contributed by atoms with van der Waals surface area (Å²) in [7, 11) is 0. The lowest BCUT2D eigenvalue weighted by Gasteiger charge is -2.42. The molecule has 142 valence electrons. The van der Waals surface area contributed by atoms with Crippen LogP contribution >= 0.6 is 0 Å². The largest absolute Gasteiger partial charge is 0.479 e. The van der Waals surface area contributed by atoms with Crippen LogP contribution in [0.2, 0.25) is 0 Å². The molecule has 0 bridgehead atoms. The maximum absolute atomic E-state index is 10.7. The Morgan fingerprint density at radius 2 is 1.75 bits per heavy atom. The van der Waals surface area contributed by atoms with Crippen LogP contribution in [0, 0.1) is 5.92 Å². The molecule has 0 radical (unpaired) electrons. The molecular weight excluding hydrogens is 332 g/mol. The molecule has 0 aromatic carbocycles. The average molecular weight is 356 g/mol. The fourth-order valence-electron chi connectivity index (χ4n) is 2.37. The first-order valence-electron chi connectivity index (χ1n) is 7.31. The van der Waals surface area contributed by atoms with Crippen LogP contribution in [0.3, 0.4) is 0 Å². The van der Waals surface area contributed by atoms with Crippen molar-refractivity contribution in [3.63, 3.8) is 0 Å². The lowest BCUT2D eigenvalue weighted by Crippen LogP contribution is -2.59. The maximum Gasteiger partial charge on any atom is 0.335 e. The zero-order valence-corrected chi connectivity index (χ0v) is 12.9. The molecule has 8 N–H and O–H groups in total. The molecule has 0 aromatic heterocycles. The van der Waals surface area contributed by atoms with Gasteiger partial charge in [0.25, 0.3) is 0 Å². The fraction of sp³-hybridized carbons (Fsp3) is 0.923. The van der Waals surface area contributed by atoms with E-state index in [1.54, 1.807) is 0 Å². The standard InChI is InChI=1S/C13H24O11/c1-4-6(3-15)23-13(10(20)7(4)17)24-11(5(16)2-14)8(18)9(19)12(21)22/h4-11,13-20H,2-3H2,1H3,(H,21,22)/t4-,5-,6-,7+,8-,9-,10-,11-,13-/m1/s1. The zero-order chi connectivity index (χ0) is 18.6. The summed E-state index contributed by atoms with van der Waals surface area (Å²) in [5.41, 5.74) is 0. The summed E-state index contributed by atoms with van der Waals surface area (Å²) in [6.07, 6.45) is -13.7. The molecule has 0 unspecified atom stereocenters. The van der Waals surface area contributed by atoms with Gasteiger partial charge in [-0.2, -0.15) is 0 Å². The Kier molecular flexibility index (Phi) is 7.92. The lowest BCUT2D eigenvalue weighted by molar-refractivity contribution is -0.317. The monoisotopic (exact) mass is 356 g/mol. The normalized spacial score (nSPS) is 35.9. The van der Waals surface area contributed by atoms with Crippen LogP contribution in [-0.2, 0) is 14.3 Å². The van der Waals surface area contributed by atoms with E-state index >= 15 is 0 Å². The Labute approximate surface area is 137 Å². The minimum absolute atomic E-state index is 0.516. The fourth-order valence-corrected chi connectivity index (χ4v) is 2.37. The Morgan fingerprint density at radius 3 is 2.21 bits per heavy atom. The first-order valence-corrected chi connectivity index (χ1v) is 7.31. The zero-order valence-electron chi connectivity index (χ0n) is 12.9. The molecule has 0 aromatic rings. The summed E-state index contributed by atoms with van der Waals surface area (Å²) < 4.78 is 10.3. The van der Waals surface area contributed by atoms with Gasteiger partial charge in [-0.25, -0.2) is 4.79 Å². The van der Waals surface area contributed by atoms with Gasteiger partial charge in [0.2, 0.25) is 0 Å². The maximum atomic E-state index is 10.7. The van der Waals surface area contributed by atoms with Crippen molar-refractivity contribution in [1.29, 1.82) is 0 Å². The van der Waals surface area contributed by atoms with Gasteiger partial charge in [0, 0.05) is 5.92 Å². The highest BCUT2D eigenvalue weighted by molar-refractivity contribution is 5.72. The SMILES string of the molecule is C[C@H]1[C@H](O)[C@@H](O)[C@@H](O[C@@H]([C@H](O)[C@@H](O)C(=O)O)[C@H](O)CO)O[C@@H]1CO. The second-order valence-electron chi connectivity index (χ2n) is 5.69. The van der Waals surface area contributed by atoms with Crippen LogP contribution in [-0.4, -0.2) is 109 Å². The van der Waals surface area contributed by atoms with Crippen LogP contribution in [0.5, 0.6) is 0 Å². The van der Waals surface area contributed by atoms with E-state index < -0.39 is 74.1 Å². The van der Waals surface area contributed by atoms with E-state index in [1.807, 2.05) is 0 Å². The van der Waals surface area contributed by atoms with Crippen molar-refractivity contribution in [2.75, 3.05) is 13.2 Å². The van der Waals surface area contributed by atoms with Gasteiger partial charge in [0.1, 0.15) is 24.4 Å². The minimum atomic E-state index is -2.34. The third-order valence-corrected chi connectivity index (χ3v) is 4.01. The van der Waals surface area contributed by atoms with Gasteiger partial charge in [-0.05, 0) is 0 Å². The third kappa shape index (κ3) is 4.59. The number of hydrogen-bond donors (Lipinski definition) is 8. The van der Waals surface area contributed by atoms with E-state index in [1.165, 1.54) is 6.92 Å². The summed E-state index contributed by atoms with van der Waals surface area (Å²) in [6.45, 7) is 0.0473. The first kappa shape index (κ1) is 21.2. The van der Waals surface area contributed by atoms with E-state index in [-0.39, 0.29) is 0 Å². The molecule has 1 fully saturated rings. The number of hydrogen-bond acceptors (Lipinski definition) is 10. The summed E-state index contributed by atoms with van der Waals surface area (Å²) in [4.78, 5) is 10.7. The van der Waals surface area contributed by atoms with E-state index in [2.05, 4.69) is 0 Å². The molecule has 24 heavy (non-hydrogen) atoms. The van der Waals surface area contributed by atoms with Crippen LogP contribution in [0.1, 0.15) is 6.92 Å². The van der Waals surface area contributed by atoms with E-state index in [0.29, 0.717) is 0 Å². The van der Waals surface area contributed by atoms with Crippen LogP contribution in [0.15, 0.2) is 0 Å². The molecule has 1 saturated heterocycles. The second-order valence-corrected chi connectivity index (χ2v) is 5.69. The van der Waals surface area contributed by atoms with Gasteiger partial charge in [-0.15, -0.1) is 0 Å². The highest BCUT2D eigenvalue weighted by Crippen LogP contribution is 2.28. The molecule has 0 amide bonds. The summed E-state index contributed by atoms with van der Waals surface area (Å²) in [6, 6.07) is 0. The number of rotatable bonds is 8. The van der Waals surface area contributed by atoms with Crippen LogP contribution in [0.25, 0.3) is 0 Å². The topological polar surface area (TPSA) is 197 Å². The highest BCUT2D eigenvalue weighted by Gasteiger charge is 2.46. The summed E-state index contributed by atoms with van der Waals surface area (Å²) >= 11 is 0. The third-order valence-electron chi connectivity index (χ3n) is 4.01. The Hall–Kier alpha value is -0.890. The molecule has 9 atom stereocenters. The smallest absolute Gasteiger partial charge is 0.335 e. The van der Waals surface area contributed by atoms with Crippen molar-refractivity contribution in [1.82, 2.24) is 0 Å². The van der Waals surface area contributed by atoms with E-state index in [9.17, 15) is 35.4 Å². The molecule has 1 heterocycles. The number of carboxylic acids is 1. The van der Waals surface area contributed by atoms with Crippen molar-refractivity contribution >= 4 is 5.97 Å². The molecule has 1 aliphatic rings. The van der Waals surface area contributed by atoms with Gasteiger partial charge in [-0.1, -0.05) is 6.92 Å². The summed E-state index contributed by atoms with van der Waals surface area (Å²) in [5, 5.41) is 75.7. The van der Waals surface area contributed by atoms with Crippen molar-refractivity contribution in [3.05, 3.63) is 0 Å². The van der Waals surface area contributed by atoms with Crippen molar-refractivity contribution in [3.8, 4) is 0 Å². The Balaban J connectivity index is 2.94. The number of aliphatic hydroxyl groups excluding tert-OH is 7. The van der Waals surface area contributed by atoms with Crippen molar-refractivity contribution in [2.45, 2.75) is 55.9 Å². The molecule has 1 rings (SSSR count). The molecule has 11 heteroatoms. The van der Waals surface area contributed by atoms with Crippen LogP contribution < -0.4 is 0 Å². The molecule has 1 aliphatic heterocycles. The Bertz CT molecular complexity index is 403. The molecule has 0 spiro atoms. The number of carboxylic acid groups (broad SMARTS) is 1. The van der Waals surface area contributed by atoms with Crippen molar-refractivity contribution < 1.29 is 55.1 Å². The second kappa shape index (κ2) is 8.99. The average Bonchev–Trinajstić information content (AvgIpc) is 2.57. The summed E-state index contributed by atoms with van der Waals surface area (Å²) in [5.74, 6) is -2.45. The van der Waals surface area contributed by atoms with E-state index in [4.69, 9.17) is 19.7 Å². The van der Waals surface area contributed by atoms with Gasteiger partial charge >= 0.3 is 5.97 Å².